The molecular formula is C27H31N3O. The third-order valence-corrected chi connectivity index (χ3v) is 5.92. The maximum atomic E-state index is 13.2. The molecule has 4 nitrogen and oxygen atoms in total. The molecule has 3 aromatic carbocycles. The highest BCUT2D eigenvalue weighted by Crippen LogP contribution is 2.20. The molecule has 31 heavy (non-hydrogen) atoms. The summed E-state index contributed by atoms with van der Waals surface area (Å²) in [4.78, 5) is 15.7. The van der Waals surface area contributed by atoms with E-state index in [0.29, 0.717) is 6.54 Å². The molecule has 0 aliphatic carbocycles. The Morgan fingerprint density at radius 1 is 0.871 bits per heavy atom. The van der Waals surface area contributed by atoms with E-state index in [0.717, 1.165) is 17.8 Å². The van der Waals surface area contributed by atoms with Gasteiger partial charge in [0, 0.05) is 18.8 Å². The Morgan fingerprint density at radius 3 is 2.23 bits per heavy atom. The number of rotatable bonds is 8. The summed E-state index contributed by atoms with van der Waals surface area (Å²) >= 11 is 0. The second kappa shape index (κ2) is 10.4. The van der Waals surface area contributed by atoms with E-state index in [9.17, 15) is 4.79 Å². The number of nitrogens with one attached hydrogen (secondary N) is 2. The number of benzene rings is 3. The van der Waals surface area contributed by atoms with Gasteiger partial charge >= 0.3 is 0 Å². The Balaban J connectivity index is 1.49. The maximum Gasteiger partial charge on any atom is 0.246 e. The van der Waals surface area contributed by atoms with Crippen molar-refractivity contribution in [1.82, 2.24) is 10.2 Å². The van der Waals surface area contributed by atoms with Gasteiger partial charge in [0.2, 0.25) is 5.91 Å². The van der Waals surface area contributed by atoms with Crippen LogP contribution in [0, 0.1) is 6.92 Å². The number of hydrogen-bond donors (Lipinski definition) is 2. The average molecular weight is 414 g/mol. The van der Waals surface area contributed by atoms with Crippen LogP contribution in [0.5, 0.6) is 0 Å². The van der Waals surface area contributed by atoms with Gasteiger partial charge < -0.3 is 5.32 Å². The lowest BCUT2D eigenvalue weighted by atomic mass is 10.0. The summed E-state index contributed by atoms with van der Waals surface area (Å²) in [7, 11) is 0. The van der Waals surface area contributed by atoms with Crippen molar-refractivity contribution in [2.75, 3.05) is 18.4 Å². The first kappa shape index (κ1) is 21.3. The van der Waals surface area contributed by atoms with Crippen molar-refractivity contribution in [3.63, 3.8) is 0 Å². The lowest BCUT2D eigenvalue weighted by Crippen LogP contribution is -2.33. The van der Waals surface area contributed by atoms with Gasteiger partial charge in [0.15, 0.2) is 0 Å². The Labute approximate surface area is 185 Å². The molecule has 1 saturated heterocycles. The van der Waals surface area contributed by atoms with Crippen molar-refractivity contribution in [3.05, 3.63) is 101 Å². The van der Waals surface area contributed by atoms with E-state index in [1.807, 2.05) is 61.5 Å². The number of anilines is 1. The van der Waals surface area contributed by atoms with Gasteiger partial charge in [0.05, 0.1) is 0 Å². The summed E-state index contributed by atoms with van der Waals surface area (Å²) in [6.07, 6.45) is 2.57. The topological polar surface area (TPSA) is 44.4 Å². The monoisotopic (exact) mass is 413 g/mol. The van der Waals surface area contributed by atoms with E-state index in [1.165, 1.54) is 42.6 Å². The standard InChI is InChI=1S/C27H31N3O/c1-21-13-15-25(16-14-21)29-27(31)26(22-9-3-2-4-10-22)28-19-23-11-5-6-12-24(23)20-30-17-7-8-18-30/h2-6,9-16,26,28H,7-8,17-20H2,1H3,(H,29,31)/t26-/m0/s1. The molecule has 1 atom stereocenters. The van der Waals surface area contributed by atoms with Gasteiger partial charge in [-0.2, -0.15) is 0 Å². The Hall–Kier alpha value is -2.95. The van der Waals surface area contributed by atoms with Crippen LogP contribution >= 0.6 is 0 Å². The summed E-state index contributed by atoms with van der Waals surface area (Å²) in [6.45, 7) is 6.01. The smallest absolute Gasteiger partial charge is 0.246 e. The second-order valence-corrected chi connectivity index (χ2v) is 8.33. The first-order valence-electron chi connectivity index (χ1n) is 11.1. The zero-order chi connectivity index (χ0) is 21.5. The SMILES string of the molecule is Cc1ccc(NC(=O)[C@@H](NCc2ccccc2CN2CCCC2)c2ccccc2)cc1. The molecule has 0 radical (unpaired) electrons. The summed E-state index contributed by atoms with van der Waals surface area (Å²) in [6, 6.07) is 26.0. The molecule has 1 aliphatic rings. The van der Waals surface area contributed by atoms with Gasteiger partial charge in [0.1, 0.15) is 6.04 Å². The number of amides is 1. The summed E-state index contributed by atoms with van der Waals surface area (Å²) < 4.78 is 0. The van der Waals surface area contributed by atoms with Crippen LogP contribution in [-0.4, -0.2) is 23.9 Å². The van der Waals surface area contributed by atoms with Crippen molar-refractivity contribution in [3.8, 4) is 0 Å². The molecule has 1 heterocycles. The van der Waals surface area contributed by atoms with Crippen LogP contribution in [0.4, 0.5) is 5.69 Å². The van der Waals surface area contributed by atoms with E-state index in [4.69, 9.17) is 0 Å². The van der Waals surface area contributed by atoms with Gasteiger partial charge in [-0.05, 0) is 61.7 Å². The molecule has 2 N–H and O–H groups in total. The molecule has 0 saturated carbocycles. The van der Waals surface area contributed by atoms with Gasteiger partial charge in [0.25, 0.3) is 0 Å². The van der Waals surface area contributed by atoms with Crippen LogP contribution in [-0.2, 0) is 17.9 Å². The van der Waals surface area contributed by atoms with Crippen LogP contribution in [0.1, 0.15) is 41.1 Å². The van der Waals surface area contributed by atoms with Crippen molar-refractivity contribution < 1.29 is 4.79 Å². The first-order valence-corrected chi connectivity index (χ1v) is 11.1. The third kappa shape index (κ3) is 5.81. The summed E-state index contributed by atoms with van der Waals surface area (Å²) in [5.74, 6) is -0.0490. The summed E-state index contributed by atoms with van der Waals surface area (Å²) in [5, 5.41) is 6.59. The van der Waals surface area contributed by atoms with Gasteiger partial charge in [-0.1, -0.05) is 72.3 Å². The highest BCUT2D eigenvalue weighted by atomic mass is 16.2. The third-order valence-electron chi connectivity index (χ3n) is 5.92. The zero-order valence-corrected chi connectivity index (χ0v) is 18.2. The van der Waals surface area contributed by atoms with Crippen molar-refractivity contribution in [2.45, 2.75) is 38.9 Å². The van der Waals surface area contributed by atoms with Crippen LogP contribution in [0.15, 0.2) is 78.9 Å². The predicted octanol–water partition coefficient (Wildman–Crippen LogP) is 5.06. The molecule has 1 aliphatic heterocycles. The minimum absolute atomic E-state index is 0.0490. The molecule has 1 fully saturated rings. The predicted molar refractivity (Wildman–Crippen MR) is 127 cm³/mol. The zero-order valence-electron chi connectivity index (χ0n) is 18.2. The lowest BCUT2D eigenvalue weighted by molar-refractivity contribution is -0.118. The fourth-order valence-electron chi connectivity index (χ4n) is 4.14. The fraction of sp³-hybridized carbons (Fsp3) is 0.296. The normalized spacial score (nSPS) is 15.0. The van der Waals surface area contributed by atoms with E-state index >= 15 is 0 Å². The van der Waals surface area contributed by atoms with Crippen LogP contribution in [0.3, 0.4) is 0 Å². The number of hydrogen-bond acceptors (Lipinski definition) is 3. The number of nitrogens with zero attached hydrogens (tertiary/aromatic N) is 1. The molecule has 4 rings (SSSR count). The van der Waals surface area contributed by atoms with E-state index in [1.54, 1.807) is 0 Å². The van der Waals surface area contributed by atoms with Crippen LogP contribution in [0.25, 0.3) is 0 Å². The molecule has 3 aromatic rings. The maximum absolute atomic E-state index is 13.2. The molecule has 160 valence electrons. The van der Waals surface area contributed by atoms with E-state index in [-0.39, 0.29) is 5.91 Å². The minimum atomic E-state index is -0.428. The molecule has 1 amide bonds. The van der Waals surface area contributed by atoms with Gasteiger partial charge in [-0.25, -0.2) is 0 Å². The Kier molecular flexibility index (Phi) is 7.13. The van der Waals surface area contributed by atoms with Gasteiger partial charge in [-0.3, -0.25) is 15.0 Å². The van der Waals surface area contributed by atoms with E-state index < -0.39 is 6.04 Å². The van der Waals surface area contributed by atoms with Crippen molar-refractivity contribution >= 4 is 11.6 Å². The number of carbonyl (C=O) groups excluding carboxylic acids is 1. The lowest BCUT2D eigenvalue weighted by Gasteiger charge is -2.21. The van der Waals surface area contributed by atoms with Gasteiger partial charge in [-0.15, -0.1) is 0 Å². The summed E-state index contributed by atoms with van der Waals surface area (Å²) in [5.41, 5.74) is 5.53. The molecule has 0 unspecified atom stereocenters. The second-order valence-electron chi connectivity index (χ2n) is 8.33. The fourth-order valence-corrected chi connectivity index (χ4v) is 4.14. The first-order chi connectivity index (χ1) is 15.2. The molecule has 0 bridgehead atoms. The van der Waals surface area contributed by atoms with E-state index in [2.05, 4.69) is 39.8 Å². The van der Waals surface area contributed by atoms with Crippen LogP contribution in [0.2, 0.25) is 0 Å². The largest absolute Gasteiger partial charge is 0.324 e. The average Bonchev–Trinajstić information content (AvgIpc) is 3.30. The number of likely N-dealkylation sites (tertiary alicyclic amines) is 1. The Morgan fingerprint density at radius 2 is 1.52 bits per heavy atom. The van der Waals surface area contributed by atoms with Crippen LogP contribution < -0.4 is 10.6 Å². The highest BCUT2D eigenvalue weighted by Gasteiger charge is 2.21. The quantitative estimate of drug-likeness (QED) is 0.542. The minimum Gasteiger partial charge on any atom is -0.324 e. The number of carbonyl (C=O) groups is 1. The molecule has 0 spiro atoms. The van der Waals surface area contributed by atoms with Crippen molar-refractivity contribution in [2.24, 2.45) is 0 Å². The molecule has 0 aromatic heterocycles. The van der Waals surface area contributed by atoms with Crippen molar-refractivity contribution in [1.29, 1.82) is 0 Å². The molecular weight excluding hydrogens is 382 g/mol. The number of aryl methyl sites for hydroxylation is 1. The highest BCUT2D eigenvalue weighted by molar-refractivity contribution is 5.95. The Bertz CT molecular complexity index is 979. The molecule has 4 heteroatoms.